The largest absolute Gasteiger partial charge is 0.443 e. The first-order valence-corrected chi connectivity index (χ1v) is 11.6. The number of rotatable bonds is 8. The third-order valence-corrected chi connectivity index (χ3v) is 5.89. The van der Waals surface area contributed by atoms with Crippen molar-refractivity contribution >= 4 is 32.9 Å². The smallest absolute Gasteiger partial charge is 0.296 e. The molecule has 1 aliphatic carbocycles. The zero-order chi connectivity index (χ0) is 21.2. The molecule has 1 aromatic heterocycles. The van der Waals surface area contributed by atoms with Crippen LogP contribution in [0.4, 0.5) is 14.6 Å². The van der Waals surface area contributed by atoms with Gasteiger partial charge in [-0.25, -0.2) is 13.4 Å². The summed E-state index contributed by atoms with van der Waals surface area (Å²) in [5, 5.41) is 3.06. The molecule has 1 atom stereocenters. The molecular weight excluding hydrogens is 422 g/mol. The molecule has 0 saturated heterocycles. The number of carbonyl (C=O) groups excluding carboxylic acids is 1. The minimum Gasteiger partial charge on any atom is -0.443 e. The van der Waals surface area contributed by atoms with Crippen LogP contribution < -0.4 is 10.1 Å². The summed E-state index contributed by atoms with van der Waals surface area (Å²) in [5.41, 5.74) is 0. The second-order valence-corrected chi connectivity index (χ2v) is 9.86. The van der Waals surface area contributed by atoms with Crippen molar-refractivity contribution in [3.8, 4) is 10.8 Å². The van der Waals surface area contributed by atoms with E-state index in [9.17, 15) is 22.0 Å². The molecule has 1 fully saturated rings. The van der Waals surface area contributed by atoms with Crippen LogP contribution in [0.15, 0.2) is 41.8 Å². The van der Waals surface area contributed by atoms with Crippen molar-refractivity contribution in [1.29, 1.82) is 0 Å². The van der Waals surface area contributed by atoms with E-state index in [0.717, 1.165) is 24.5 Å². The number of halogens is 2. The predicted molar refractivity (Wildman–Crippen MR) is 107 cm³/mol. The summed E-state index contributed by atoms with van der Waals surface area (Å²) < 4.78 is 56.0. The maximum Gasteiger partial charge on any atom is 0.296 e. The second kappa shape index (κ2) is 8.19. The van der Waals surface area contributed by atoms with E-state index < -0.39 is 32.6 Å². The van der Waals surface area contributed by atoms with Crippen molar-refractivity contribution in [3.63, 3.8) is 0 Å². The number of carbonyl (C=O) groups is 1. The summed E-state index contributed by atoms with van der Waals surface area (Å²) in [7, 11) is -3.39. The van der Waals surface area contributed by atoms with Crippen LogP contribution in [0, 0.1) is 11.8 Å². The summed E-state index contributed by atoms with van der Waals surface area (Å²) in [6.07, 6.45) is 3.94. The molecule has 0 aliphatic heterocycles. The van der Waals surface area contributed by atoms with E-state index in [2.05, 4.69) is 10.3 Å². The van der Waals surface area contributed by atoms with E-state index in [4.69, 9.17) is 4.74 Å². The number of ether oxygens (including phenoxy) is 1. The highest BCUT2D eigenvalue weighted by Crippen LogP contribution is 2.43. The van der Waals surface area contributed by atoms with Gasteiger partial charge in [0.1, 0.15) is 5.75 Å². The molecular formula is C19H20F2N2O4S2. The van der Waals surface area contributed by atoms with E-state index in [-0.39, 0.29) is 16.8 Å². The molecule has 1 N–H and O–H groups in total. The van der Waals surface area contributed by atoms with Gasteiger partial charge in [-0.2, -0.15) is 8.78 Å². The molecule has 1 saturated carbocycles. The van der Waals surface area contributed by atoms with E-state index in [0.29, 0.717) is 24.0 Å². The highest BCUT2D eigenvalue weighted by Gasteiger charge is 2.36. The fraction of sp³-hybridized carbons (Fsp3) is 0.368. The molecule has 0 bridgehead atoms. The fourth-order valence-corrected chi connectivity index (χ4v) is 3.86. The zero-order valence-electron chi connectivity index (χ0n) is 15.8. The normalized spacial score (nSPS) is 16.0. The van der Waals surface area contributed by atoms with E-state index in [1.165, 1.54) is 6.08 Å². The summed E-state index contributed by atoms with van der Waals surface area (Å²) in [6, 6.07) is 8.53. The SMILES string of the molecule is CC(F)(F)c1nc(NC(=O)[C@H](/C=C/S(C)(=O)=O)C2CC2)c(Oc2ccccc2)s1. The Bertz CT molecular complexity index is 1010. The first kappa shape index (κ1) is 21.4. The van der Waals surface area contributed by atoms with Crippen LogP contribution in [0.2, 0.25) is 0 Å². The van der Waals surface area contributed by atoms with Gasteiger partial charge in [-0.15, -0.1) is 0 Å². The Morgan fingerprint density at radius 2 is 2.00 bits per heavy atom. The average Bonchev–Trinajstić information content (AvgIpc) is 3.36. The number of thiazole rings is 1. The number of hydrogen-bond acceptors (Lipinski definition) is 6. The molecule has 3 rings (SSSR count). The number of aromatic nitrogens is 1. The van der Waals surface area contributed by atoms with Crippen LogP contribution in [-0.2, 0) is 20.6 Å². The van der Waals surface area contributed by atoms with Gasteiger partial charge in [0.15, 0.2) is 20.7 Å². The van der Waals surface area contributed by atoms with Gasteiger partial charge >= 0.3 is 0 Å². The molecule has 2 aromatic rings. The van der Waals surface area contributed by atoms with Gasteiger partial charge < -0.3 is 10.1 Å². The molecule has 10 heteroatoms. The summed E-state index contributed by atoms with van der Waals surface area (Å²) in [4.78, 5) is 16.6. The number of hydrogen-bond donors (Lipinski definition) is 1. The van der Waals surface area contributed by atoms with Crippen LogP contribution in [-0.4, -0.2) is 25.6 Å². The van der Waals surface area contributed by atoms with Crippen molar-refractivity contribution in [2.24, 2.45) is 11.8 Å². The van der Waals surface area contributed by atoms with Gasteiger partial charge in [-0.3, -0.25) is 4.79 Å². The Labute approximate surface area is 171 Å². The lowest BCUT2D eigenvalue weighted by Gasteiger charge is -2.12. The minimum atomic E-state index is -3.39. The molecule has 1 aromatic carbocycles. The summed E-state index contributed by atoms with van der Waals surface area (Å²) in [6.45, 7) is 0.714. The van der Waals surface area contributed by atoms with Gasteiger partial charge in [0.2, 0.25) is 11.0 Å². The standard InChI is InChI=1S/C19H20F2N2O4S2/c1-19(20,21)18-23-15(17(28-18)27-13-6-4-3-5-7-13)22-16(24)14(12-8-9-12)10-11-29(2,25)26/h3-7,10-12,14H,8-9H2,1-2H3,(H,22,24)/b11-10+/t14-/m1/s1. The molecule has 0 spiro atoms. The Hall–Kier alpha value is -2.33. The number of para-hydroxylation sites is 1. The van der Waals surface area contributed by atoms with Crippen molar-refractivity contribution in [2.75, 3.05) is 11.6 Å². The quantitative estimate of drug-likeness (QED) is 0.647. The maximum absolute atomic E-state index is 13.8. The van der Waals surface area contributed by atoms with Gasteiger partial charge in [0.05, 0.1) is 5.92 Å². The van der Waals surface area contributed by atoms with Crippen molar-refractivity contribution < 1.29 is 26.7 Å². The maximum atomic E-state index is 13.8. The fourth-order valence-electron chi connectivity index (χ4n) is 2.58. The number of anilines is 1. The third kappa shape index (κ3) is 6.07. The topological polar surface area (TPSA) is 85.4 Å². The highest BCUT2D eigenvalue weighted by molar-refractivity contribution is 7.93. The predicted octanol–water partition coefficient (Wildman–Crippen LogP) is 4.57. The number of nitrogens with one attached hydrogen (secondary N) is 1. The van der Waals surface area contributed by atoms with Crippen LogP contribution in [0.1, 0.15) is 24.8 Å². The first-order chi connectivity index (χ1) is 13.5. The lowest BCUT2D eigenvalue weighted by molar-refractivity contribution is -0.119. The van der Waals surface area contributed by atoms with Crippen molar-refractivity contribution in [1.82, 2.24) is 4.98 Å². The van der Waals surface area contributed by atoms with Crippen LogP contribution in [0.25, 0.3) is 0 Å². The van der Waals surface area contributed by atoms with E-state index in [1.807, 2.05) is 0 Å². The lowest BCUT2D eigenvalue weighted by Crippen LogP contribution is -2.23. The Morgan fingerprint density at radius 3 is 2.55 bits per heavy atom. The molecule has 0 radical (unpaired) electrons. The second-order valence-electron chi connectivity index (χ2n) is 6.97. The minimum absolute atomic E-state index is 0.0113. The highest BCUT2D eigenvalue weighted by atomic mass is 32.2. The molecule has 1 heterocycles. The van der Waals surface area contributed by atoms with Gasteiger partial charge in [-0.1, -0.05) is 35.6 Å². The molecule has 156 valence electrons. The number of alkyl halides is 2. The van der Waals surface area contributed by atoms with Crippen LogP contribution in [0.3, 0.4) is 0 Å². The number of nitrogens with zero attached hydrogens (tertiary/aromatic N) is 1. The van der Waals surface area contributed by atoms with Crippen molar-refractivity contribution in [2.45, 2.75) is 25.7 Å². The molecule has 1 amide bonds. The third-order valence-electron chi connectivity index (χ3n) is 4.13. The first-order valence-electron chi connectivity index (χ1n) is 8.84. The van der Waals surface area contributed by atoms with E-state index in [1.54, 1.807) is 30.3 Å². The lowest BCUT2D eigenvalue weighted by atomic mass is 10.0. The van der Waals surface area contributed by atoms with Gasteiger partial charge in [0.25, 0.3) is 5.92 Å². The monoisotopic (exact) mass is 442 g/mol. The Kier molecular flexibility index (Phi) is 6.04. The Morgan fingerprint density at radius 1 is 1.34 bits per heavy atom. The molecule has 6 nitrogen and oxygen atoms in total. The van der Waals surface area contributed by atoms with Gasteiger partial charge in [0, 0.05) is 18.6 Å². The van der Waals surface area contributed by atoms with Crippen LogP contribution in [0.5, 0.6) is 10.8 Å². The Balaban J connectivity index is 1.87. The van der Waals surface area contributed by atoms with E-state index >= 15 is 0 Å². The van der Waals surface area contributed by atoms with Crippen LogP contribution >= 0.6 is 11.3 Å². The number of benzene rings is 1. The average molecular weight is 443 g/mol. The zero-order valence-corrected chi connectivity index (χ0v) is 17.4. The molecule has 1 aliphatic rings. The molecule has 0 unspecified atom stereocenters. The number of sulfone groups is 1. The molecule has 29 heavy (non-hydrogen) atoms. The summed E-state index contributed by atoms with van der Waals surface area (Å²) in [5.74, 6) is -4.10. The van der Waals surface area contributed by atoms with Gasteiger partial charge in [-0.05, 0) is 30.9 Å². The van der Waals surface area contributed by atoms with Crippen molar-refractivity contribution in [3.05, 3.63) is 46.8 Å². The summed E-state index contributed by atoms with van der Waals surface area (Å²) >= 11 is 0.645. The number of amides is 1.